The predicted molar refractivity (Wildman–Crippen MR) is 133 cm³/mol. The number of hydrogen-bond donors (Lipinski definition) is 1. The van der Waals surface area contributed by atoms with Crippen LogP contribution in [-0.2, 0) is 6.42 Å². The monoisotopic (exact) mass is 539 g/mol. The number of nitrogens with zero attached hydrogens (tertiary/aromatic N) is 2. The Morgan fingerprint density at radius 1 is 1.03 bits per heavy atom. The lowest BCUT2D eigenvalue weighted by Crippen LogP contribution is -2.53. The second-order valence-corrected chi connectivity index (χ2v) is 11.0. The number of fused-ring (bicyclic) bond motifs is 3. The maximum absolute atomic E-state index is 15.7. The molecule has 0 unspecified atom stereocenters. The minimum Gasteiger partial charge on any atom is -0.488 e. The first-order chi connectivity index (χ1) is 17.9. The van der Waals surface area contributed by atoms with Crippen molar-refractivity contribution in [2.75, 3.05) is 32.9 Å². The van der Waals surface area contributed by atoms with Gasteiger partial charge < -0.3 is 9.72 Å². The quantitative estimate of drug-likeness (QED) is 0.345. The van der Waals surface area contributed by atoms with E-state index in [1.165, 1.54) is 19.9 Å². The van der Waals surface area contributed by atoms with Crippen molar-refractivity contribution in [2.24, 2.45) is 0 Å². The number of likely N-dealkylation sites (tertiary alicyclic amines) is 1. The summed E-state index contributed by atoms with van der Waals surface area (Å²) < 4.78 is 93.2. The Morgan fingerprint density at radius 2 is 1.71 bits per heavy atom. The summed E-state index contributed by atoms with van der Waals surface area (Å²) in [5.74, 6) is -3.32. The highest BCUT2D eigenvalue weighted by molar-refractivity contribution is 5.86. The fraction of sp³-hybridized carbons (Fsp3) is 0.500. The van der Waals surface area contributed by atoms with Crippen molar-refractivity contribution in [1.29, 1.82) is 0 Å². The number of rotatable bonds is 8. The first kappa shape index (κ1) is 26.9. The van der Waals surface area contributed by atoms with Crippen LogP contribution in [0.15, 0.2) is 24.3 Å². The van der Waals surface area contributed by atoms with Gasteiger partial charge in [-0.2, -0.15) is 0 Å². The van der Waals surface area contributed by atoms with E-state index in [1.807, 2.05) is 4.90 Å². The van der Waals surface area contributed by atoms with E-state index in [4.69, 9.17) is 4.74 Å². The van der Waals surface area contributed by atoms with Crippen LogP contribution in [0, 0.1) is 23.3 Å². The zero-order valence-electron chi connectivity index (χ0n) is 21.6. The molecule has 38 heavy (non-hydrogen) atoms. The summed E-state index contributed by atoms with van der Waals surface area (Å²) in [6.45, 7) is 5.67. The standard InChI is InChI=1S/C28H31F6N3O/c1-15-7-19-20-8-16(30)9-23(33)25(20)35-26(19)27(37(15)14-28(2,3)34)24-21(31)10-17(11-22(24)32)38-18-12-36(13-18)6-4-5-29/h8-11,15,18,27,35H,4-7,12-14H2,1-3H3/t15-,27-/m1/s1. The lowest BCUT2D eigenvalue weighted by atomic mass is 9.87. The van der Waals surface area contributed by atoms with Crippen molar-refractivity contribution < 1.29 is 31.1 Å². The van der Waals surface area contributed by atoms with E-state index in [2.05, 4.69) is 4.98 Å². The molecule has 0 radical (unpaired) electrons. The van der Waals surface area contributed by atoms with Crippen LogP contribution >= 0.6 is 0 Å². The molecule has 1 saturated heterocycles. The molecule has 1 aromatic heterocycles. The number of hydrogen-bond acceptors (Lipinski definition) is 3. The second kappa shape index (κ2) is 10.1. The average Bonchev–Trinajstić information content (AvgIpc) is 3.14. The molecular formula is C28H31F6N3O. The van der Waals surface area contributed by atoms with Gasteiger partial charge in [0.25, 0.3) is 0 Å². The molecule has 1 fully saturated rings. The normalized spacial score (nSPS) is 21.1. The third-order valence-electron chi connectivity index (χ3n) is 7.35. The van der Waals surface area contributed by atoms with Crippen LogP contribution in [0.2, 0.25) is 0 Å². The van der Waals surface area contributed by atoms with E-state index in [9.17, 15) is 17.6 Å². The van der Waals surface area contributed by atoms with Crippen LogP contribution in [-0.4, -0.2) is 65.5 Å². The van der Waals surface area contributed by atoms with Gasteiger partial charge in [0.05, 0.1) is 18.2 Å². The molecule has 2 aliphatic rings. The zero-order valence-corrected chi connectivity index (χ0v) is 21.6. The van der Waals surface area contributed by atoms with Gasteiger partial charge in [-0.15, -0.1) is 0 Å². The van der Waals surface area contributed by atoms with Gasteiger partial charge in [0.1, 0.15) is 40.8 Å². The van der Waals surface area contributed by atoms with Gasteiger partial charge in [0.15, 0.2) is 0 Å². The SMILES string of the molecule is C[C@@H]1Cc2c([nH]c3c(F)cc(F)cc23)[C@@H](c2c(F)cc(OC3CN(CCCF)C3)cc2F)N1CC(C)(C)F. The lowest BCUT2D eigenvalue weighted by Gasteiger charge is -2.43. The molecule has 3 aromatic rings. The molecule has 0 spiro atoms. The molecule has 10 heteroatoms. The van der Waals surface area contributed by atoms with E-state index < -0.39 is 41.7 Å². The minimum absolute atomic E-state index is 0.0186. The average molecular weight is 540 g/mol. The number of benzene rings is 2. The molecular weight excluding hydrogens is 508 g/mol. The number of aromatic amines is 1. The summed E-state index contributed by atoms with van der Waals surface area (Å²) in [5.41, 5.74) is -1.12. The Hall–Kier alpha value is -2.72. The second-order valence-electron chi connectivity index (χ2n) is 11.0. The fourth-order valence-electron chi connectivity index (χ4n) is 5.72. The number of H-pyrrole nitrogens is 1. The predicted octanol–water partition coefficient (Wildman–Crippen LogP) is 6.23. The third kappa shape index (κ3) is 5.12. The molecule has 2 aliphatic heterocycles. The molecule has 5 rings (SSSR count). The molecule has 0 bridgehead atoms. The van der Waals surface area contributed by atoms with Gasteiger partial charge in [-0.25, -0.2) is 22.0 Å². The van der Waals surface area contributed by atoms with Crippen molar-refractivity contribution in [2.45, 2.75) is 57.5 Å². The van der Waals surface area contributed by atoms with Gasteiger partial charge in [-0.3, -0.25) is 14.2 Å². The van der Waals surface area contributed by atoms with Gasteiger partial charge in [0, 0.05) is 67.1 Å². The van der Waals surface area contributed by atoms with Crippen LogP contribution in [0.25, 0.3) is 10.9 Å². The Bertz CT molecular complexity index is 1310. The topological polar surface area (TPSA) is 31.5 Å². The van der Waals surface area contributed by atoms with Crippen molar-refractivity contribution >= 4 is 10.9 Å². The van der Waals surface area contributed by atoms with Crippen LogP contribution in [0.4, 0.5) is 26.3 Å². The van der Waals surface area contributed by atoms with Gasteiger partial charge in [-0.1, -0.05) is 0 Å². The first-order valence-electron chi connectivity index (χ1n) is 12.8. The minimum atomic E-state index is -1.69. The largest absolute Gasteiger partial charge is 0.488 e. The maximum atomic E-state index is 15.7. The fourth-order valence-corrected chi connectivity index (χ4v) is 5.72. The van der Waals surface area contributed by atoms with E-state index in [-0.39, 0.29) is 35.5 Å². The smallest absolute Gasteiger partial charge is 0.150 e. The van der Waals surface area contributed by atoms with Crippen molar-refractivity contribution in [3.05, 3.63) is 64.4 Å². The van der Waals surface area contributed by atoms with E-state index in [0.717, 1.165) is 18.2 Å². The van der Waals surface area contributed by atoms with Crippen molar-refractivity contribution in [3.8, 4) is 5.75 Å². The Labute approximate surface area is 217 Å². The Kier molecular flexibility index (Phi) is 7.15. The van der Waals surface area contributed by atoms with E-state index in [1.54, 1.807) is 11.8 Å². The summed E-state index contributed by atoms with van der Waals surface area (Å²) in [6.07, 6.45) is 0.467. The number of alkyl halides is 2. The van der Waals surface area contributed by atoms with Crippen LogP contribution in [0.5, 0.6) is 5.75 Å². The summed E-state index contributed by atoms with van der Waals surface area (Å²) >= 11 is 0. The molecule has 2 aromatic carbocycles. The highest BCUT2D eigenvalue weighted by Crippen LogP contribution is 2.44. The molecule has 1 N–H and O–H groups in total. The highest BCUT2D eigenvalue weighted by atomic mass is 19.2. The summed E-state index contributed by atoms with van der Waals surface area (Å²) in [4.78, 5) is 6.58. The molecule has 0 amide bonds. The summed E-state index contributed by atoms with van der Waals surface area (Å²) in [6, 6.07) is 2.66. The van der Waals surface area contributed by atoms with Crippen LogP contribution in [0.3, 0.4) is 0 Å². The lowest BCUT2D eigenvalue weighted by molar-refractivity contribution is 0.0179. The summed E-state index contributed by atoms with van der Waals surface area (Å²) in [5, 5.41) is 0.302. The molecule has 206 valence electrons. The number of ether oxygens (including phenoxy) is 1. The van der Waals surface area contributed by atoms with Crippen LogP contribution in [0.1, 0.15) is 50.1 Å². The molecule has 0 aliphatic carbocycles. The first-order valence-corrected chi connectivity index (χ1v) is 12.8. The van der Waals surface area contributed by atoms with E-state index >= 15 is 8.78 Å². The Balaban J connectivity index is 1.54. The Morgan fingerprint density at radius 3 is 2.34 bits per heavy atom. The highest BCUT2D eigenvalue weighted by Gasteiger charge is 2.41. The van der Waals surface area contributed by atoms with Gasteiger partial charge in [0.2, 0.25) is 0 Å². The third-order valence-corrected chi connectivity index (χ3v) is 7.35. The van der Waals surface area contributed by atoms with Gasteiger partial charge in [-0.05, 0) is 45.2 Å². The molecule has 0 saturated carbocycles. The maximum Gasteiger partial charge on any atom is 0.150 e. The molecule has 4 nitrogen and oxygen atoms in total. The molecule has 3 heterocycles. The molecule has 2 atom stereocenters. The van der Waals surface area contributed by atoms with Crippen molar-refractivity contribution in [3.63, 3.8) is 0 Å². The number of aromatic nitrogens is 1. The number of nitrogens with one attached hydrogen (secondary N) is 1. The van der Waals surface area contributed by atoms with Crippen LogP contribution < -0.4 is 4.74 Å². The van der Waals surface area contributed by atoms with Crippen molar-refractivity contribution in [1.82, 2.24) is 14.8 Å². The summed E-state index contributed by atoms with van der Waals surface area (Å²) in [7, 11) is 0. The van der Waals surface area contributed by atoms with E-state index in [0.29, 0.717) is 49.1 Å². The number of halogens is 6. The zero-order chi connectivity index (χ0) is 27.4. The van der Waals surface area contributed by atoms with Gasteiger partial charge >= 0.3 is 0 Å².